The predicted molar refractivity (Wildman–Crippen MR) is 105 cm³/mol. The van der Waals surface area contributed by atoms with Gasteiger partial charge in [-0.25, -0.2) is 0 Å². The molecule has 2 aromatic rings. The molecule has 0 bridgehead atoms. The molecule has 1 amide bonds. The molecular weight excluding hydrogens is 353 g/mol. The largest absolute Gasteiger partial charge is 0.342 e. The zero-order chi connectivity index (χ0) is 18.0. The van der Waals surface area contributed by atoms with Crippen molar-refractivity contribution < 1.29 is 4.79 Å². The highest BCUT2D eigenvalue weighted by molar-refractivity contribution is 6.42. The summed E-state index contributed by atoms with van der Waals surface area (Å²) in [5, 5.41) is 1.15. The second kappa shape index (κ2) is 7.80. The maximum atomic E-state index is 12.8. The number of carbonyl (C=O) groups is 1. The maximum Gasteiger partial charge on any atom is 0.227 e. The first kappa shape index (κ1) is 18.3. The molecule has 1 aliphatic rings. The Bertz CT molecular complexity index is 767. The van der Waals surface area contributed by atoms with E-state index in [0.717, 1.165) is 31.5 Å². The molecule has 0 radical (unpaired) electrons. The molecule has 132 valence electrons. The molecule has 2 nitrogen and oxygen atoms in total. The fraction of sp³-hybridized carbons (Fsp3) is 0.381. The summed E-state index contributed by atoms with van der Waals surface area (Å²) in [5.74, 6) is 0.529. The number of likely N-dealkylation sites (tertiary alicyclic amines) is 1. The third-order valence-corrected chi connectivity index (χ3v) is 5.57. The van der Waals surface area contributed by atoms with Crippen molar-refractivity contribution in [2.75, 3.05) is 13.1 Å². The molecule has 25 heavy (non-hydrogen) atoms. The Kier molecular flexibility index (Phi) is 5.71. The van der Waals surface area contributed by atoms with Gasteiger partial charge < -0.3 is 4.90 Å². The molecule has 1 heterocycles. The van der Waals surface area contributed by atoms with Crippen molar-refractivity contribution in [2.24, 2.45) is 0 Å². The summed E-state index contributed by atoms with van der Waals surface area (Å²) in [6, 6.07) is 12.1. The zero-order valence-electron chi connectivity index (χ0n) is 14.7. The lowest BCUT2D eigenvalue weighted by Gasteiger charge is -2.33. The normalized spacial score (nSPS) is 17.6. The smallest absolute Gasteiger partial charge is 0.227 e. The summed E-state index contributed by atoms with van der Waals surface area (Å²) in [5.41, 5.74) is 4.67. The number of carbonyl (C=O) groups excluding carboxylic acids is 1. The lowest BCUT2D eigenvalue weighted by molar-refractivity contribution is -0.131. The van der Waals surface area contributed by atoms with Crippen LogP contribution in [0.3, 0.4) is 0 Å². The van der Waals surface area contributed by atoms with Crippen molar-refractivity contribution in [3.05, 3.63) is 68.7 Å². The number of hydrogen-bond acceptors (Lipinski definition) is 1. The van der Waals surface area contributed by atoms with Crippen LogP contribution in [0.2, 0.25) is 10.0 Å². The van der Waals surface area contributed by atoms with Crippen molar-refractivity contribution in [3.8, 4) is 0 Å². The van der Waals surface area contributed by atoms with Gasteiger partial charge in [0.25, 0.3) is 0 Å². The van der Waals surface area contributed by atoms with Crippen LogP contribution in [0.5, 0.6) is 0 Å². The number of rotatable bonds is 3. The lowest BCUT2D eigenvalue weighted by Crippen LogP contribution is -2.40. The molecule has 0 N–H and O–H groups in total. The summed E-state index contributed by atoms with van der Waals surface area (Å²) in [6.45, 7) is 5.73. The minimum Gasteiger partial charge on any atom is -0.342 e. The summed E-state index contributed by atoms with van der Waals surface area (Å²) < 4.78 is 0. The summed E-state index contributed by atoms with van der Waals surface area (Å²) in [6.07, 6.45) is 2.56. The first-order valence-electron chi connectivity index (χ1n) is 8.72. The Balaban J connectivity index is 1.69. The van der Waals surface area contributed by atoms with Crippen LogP contribution in [0, 0.1) is 13.8 Å². The standard InChI is InChI=1S/C21H23Cl2NO/c1-14-8-15(2)10-16(9-14)11-21(25)24-7-3-4-18(13-24)17-5-6-19(22)20(23)12-17/h5-6,8-10,12,18H,3-4,7,11,13H2,1-2H3. The molecule has 0 spiro atoms. The summed E-state index contributed by atoms with van der Waals surface area (Å²) in [4.78, 5) is 14.8. The number of nitrogens with zero attached hydrogens (tertiary/aromatic N) is 1. The third-order valence-electron chi connectivity index (χ3n) is 4.83. The van der Waals surface area contributed by atoms with Crippen molar-refractivity contribution in [2.45, 2.75) is 39.0 Å². The number of piperidine rings is 1. The molecule has 0 saturated carbocycles. The second-order valence-electron chi connectivity index (χ2n) is 7.03. The van der Waals surface area contributed by atoms with E-state index in [1.165, 1.54) is 16.7 Å². The Hall–Kier alpha value is -1.51. The molecule has 1 saturated heterocycles. The van der Waals surface area contributed by atoms with Crippen LogP contribution in [-0.4, -0.2) is 23.9 Å². The van der Waals surface area contributed by atoms with E-state index in [9.17, 15) is 4.79 Å². The van der Waals surface area contributed by atoms with Crippen molar-refractivity contribution >= 4 is 29.1 Å². The monoisotopic (exact) mass is 375 g/mol. The average Bonchev–Trinajstić information content (AvgIpc) is 2.56. The van der Waals surface area contributed by atoms with Crippen LogP contribution >= 0.6 is 23.2 Å². The Labute approximate surface area is 159 Å². The van der Waals surface area contributed by atoms with Gasteiger partial charge in [0.15, 0.2) is 0 Å². The Morgan fingerprint density at radius 2 is 1.80 bits per heavy atom. The van der Waals surface area contributed by atoms with E-state index in [-0.39, 0.29) is 5.91 Å². The first-order valence-corrected chi connectivity index (χ1v) is 9.48. The predicted octanol–water partition coefficient (Wildman–Crippen LogP) is 5.56. The van der Waals surface area contributed by atoms with Crippen molar-refractivity contribution in [1.82, 2.24) is 4.90 Å². The summed E-state index contributed by atoms with van der Waals surface area (Å²) >= 11 is 12.2. The molecular formula is C21H23Cl2NO. The van der Waals surface area contributed by atoms with Crippen LogP contribution < -0.4 is 0 Å². The van der Waals surface area contributed by atoms with E-state index >= 15 is 0 Å². The Morgan fingerprint density at radius 1 is 1.08 bits per heavy atom. The van der Waals surface area contributed by atoms with E-state index < -0.39 is 0 Å². The van der Waals surface area contributed by atoms with Gasteiger partial charge in [0, 0.05) is 19.0 Å². The molecule has 3 rings (SSSR count). The van der Waals surface area contributed by atoms with Gasteiger partial charge in [0.2, 0.25) is 5.91 Å². The molecule has 4 heteroatoms. The number of amides is 1. The molecule has 1 unspecified atom stereocenters. The Morgan fingerprint density at radius 3 is 2.48 bits per heavy atom. The van der Waals surface area contributed by atoms with Gasteiger partial charge in [0.1, 0.15) is 0 Å². The third kappa shape index (κ3) is 4.56. The molecule has 0 aromatic heterocycles. The molecule has 1 fully saturated rings. The van der Waals surface area contributed by atoms with Gasteiger partial charge >= 0.3 is 0 Å². The maximum absolute atomic E-state index is 12.8. The first-order chi connectivity index (χ1) is 11.9. The fourth-order valence-electron chi connectivity index (χ4n) is 3.70. The van der Waals surface area contributed by atoms with Gasteiger partial charge in [-0.2, -0.15) is 0 Å². The number of hydrogen-bond donors (Lipinski definition) is 0. The minimum absolute atomic E-state index is 0.203. The second-order valence-corrected chi connectivity index (χ2v) is 7.84. The van der Waals surface area contributed by atoms with Crippen LogP contribution in [0.1, 0.15) is 41.0 Å². The number of aryl methyl sites for hydroxylation is 2. The number of benzene rings is 2. The van der Waals surface area contributed by atoms with Crippen LogP contribution in [0.25, 0.3) is 0 Å². The summed E-state index contributed by atoms with van der Waals surface area (Å²) in [7, 11) is 0. The van der Waals surface area contributed by atoms with Crippen molar-refractivity contribution in [1.29, 1.82) is 0 Å². The van der Waals surface area contributed by atoms with Gasteiger partial charge in [-0.3, -0.25) is 4.79 Å². The van der Waals surface area contributed by atoms with Crippen LogP contribution in [0.15, 0.2) is 36.4 Å². The van der Waals surface area contributed by atoms with Crippen molar-refractivity contribution in [3.63, 3.8) is 0 Å². The van der Waals surface area contributed by atoms with E-state index in [0.29, 0.717) is 22.4 Å². The molecule has 1 aliphatic heterocycles. The average molecular weight is 376 g/mol. The van der Waals surface area contributed by atoms with Crippen LogP contribution in [-0.2, 0) is 11.2 Å². The van der Waals surface area contributed by atoms with Crippen LogP contribution in [0.4, 0.5) is 0 Å². The highest BCUT2D eigenvalue weighted by atomic mass is 35.5. The number of halogens is 2. The highest BCUT2D eigenvalue weighted by Crippen LogP contribution is 2.31. The quantitative estimate of drug-likeness (QED) is 0.687. The minimum atomic E-state index is 0.203. The van der Waals surface area contributed by atoms with E-state index in [4.69, 9.17) is 23.2 Å². The topological polar surface area (TPSA) is 20.3 Å². The van der Waals surface area contributed by atoms with Gasteiger partial charge in [-0.05, 0) is 49.9 Å². The van der Waals surface area contributed by atoms with Gasteiger partial charge in [-0.15, -0.1) is 0 Å². The molecule has 2 aromatic carbocycles. The zero-order valence-corrected chi connectivity index (χ0v) is 16.2. The molecule has 1 atom stereocenters. The fourth-order valence-corrected chi connectivity index (χ4v) is 4.01. The SMILES string of the molecule is Cc1cc(C)cc(CC(=O)N2CCCC(c3ccc(Cl)c(Cl)c3)C2)c1. The van der Waals surface area contributed by atoms with E-state index in [2.05, 4.69) is 32.0 Å². The van der Waals surface area contributed by atoms with Gasteiger partial charge in [0.05, 0.1) is 16.5 Å². The van der Waals surface area contributed by atoms with Gasteiger partial charge in [-0.1, -0.05) is 58.6 Å². The lowest BCUT2D eigenvalue weighted by atomic mass is 9.90. The molecule has 0 aliphatic carbocycles. The highest BCUT2D eigenvalue weighted by Gasteiger charge is 2.25. The van der Waals surface area contributed by atoms with E-state index in [1.54, 1.807) is 0 Å². The van der Waals surface area contributed by atoms with E-state index in [1.807, 2.05) is 23.1 Å².